The highest BCUT2D eigenvalue weighted by Gasteiger charge is 2.23. The third-order valence-corrected chi connectivity index (χ3v) is 6.34. The molecule has 0 aliphatic carbocycles. The Kier molecular flexibility index (Phi) is 10.1. The summed E-state index contributed by atoms with van der Waals surface area (Å²) in [7, 11) is 0. The summed E-state index contributed by atoms with van der Waals surface area (Å²) in [5.41, 5.74) is 5.48. The van der Waals surface area contributed by atoms with Gasteiger partial charge in [-0.1, -0.05) is 0 Å². The zero-order chi connectivity index (χ0) is 16.4. The second-order valence-corrected chi connectivity index (χ2v) is 8.11. The van der Waals surface area contributed by atoms with E-state index in [2.05, 4.69) is 0 Å². The second kappa shape index (κ2) is 11.2. The molecule has 1 aliphatic rings. The highest BCUT2D eigenvalue weighted by molar-refractivity contribution is 8.00. The third kappa shape index (κ3) is 7.79. The van der Waals surface area contributed by atoms with Gasteiger partial charge >= 0.3 is 0 Å². The van der Waals surface area contributed by atoms with E-state index >= 15 is 0 Å². The van der Waals surface area contributed by atoms with Crippen molar-refractivity contribution < 1.29 is 14.4 Å². The molecule has 0 saturated carbocycles. The SMILES string of the molecule is CC(=O)CC[C@H]1CSCCCSC[C@@H](C(=O)CN)CCC1=O. The van der Waals surface area contributed by atoms with Crippen molar-refractivity contribution in [2.75, 3.05) is 29.6 Å². The highest BCUT2D eigenvalue weighted by atomic mass is 32.2. The Bertz CT molecular complexity index is 388. The first-order valence-corrected chi connectivity index (χ1v) is 10.3. The standard InChI is InChI=1S/C16H27NO3S2/c1-12(18)3-4-13-10-21-7-2-8-22-11-14(16(20)9-17)5-6-15(13)19/h13-14H,2-11,17H2,1H3/t13-,14-/m0/s1. The van der Waals surface area contributed by atoms with Crippen LogP contribution >= 0.6 is 23.5 Å². The van der Waals surface area contributed by atoms with Gasteiger partial charge in [-0.3, -0.25) is 9.59 Å². The molecule has 0 aromatic carbocycles. The maximum Gasteiger partial charge on any atom is 0.150 e. The van der Waals surface area contributed by atoms with Crippen LogP contribution in [0.15, 0.2) is 0 Å². The van der Waals surface area contributed by atoms with Crippen LogP contribution in [0.2, 0.25) is 0 Å². The lowest BCUT2D eigenvalue weighted by atomic mass is 9.92. The van der Waals surface area contributed by atoms with Gasteiger partial charge in [0.25, 0.3) is 0 Å². The summed E-state index contributed by atoms with van der Waals surface area (Å²) in [6.45, 7) is 1.63. The van der Waals surface area contributed by atoms with E-state index in [4.69, 9.17) is 5.73 Å². The van der Waals surface area contributed by atoms with Crippen LogP contribution in [0.5, 0.6) is 0 Å². The fourth-order valence-corrected chi connectivity index (χ4v) is 4.94. The fraction of sp³-hybridized carbons (Fsp3) is 0.812. The van der Waals surface area contributed by atoms with Gasteiger partial charge in [-0.15, -0.1) is 0 Å². The Balaban J connectivity index is 2.63. The van der Waals surface area contributed by atoms with Crippen LogP contribution in [0.3, 0.4) is 0 Å². The molecule has 4 nitrogen and oxygen atoms in total. The number of carbonyl (C=O) groups is 3. The van der Waals surface area contributed by atoms with Crippen molar-refractivity contribution in [2.45, 2.75) is 39.0 Å². The summed E-state index contributed by atoms with van der Waals surface area (Å²) < 4.78 is 0. The van der Waals surface area contributed by atoms with Gasteiger partial charge in [-0.2, -0.15) is 23.5 Å². The normalized spacial score (nSPS) is 25.1. The lowest BCUT2D eigenvalue weighted by Gasteiger charge is -2.19. The summed E-state index contributed by atoms with van der Waals surface area (Å²) in [5, 5.41) is 0. The van der Waals surface area contributed by atoms with E-state index in [0.717, 1.165) is 29.4 Å². The van der Waals surface area contributed by atoms with E-state index in [-0.39, 0.29) is 35.7 Å². The second-order valence-electron chi connectivity index (χ2n) is 5.81. The number of ketones is 3. The fourth-order valence-electron chi connectivity index (χ4n) is 2.45. The number of thioether (sulfide) groups is 2. The lowest BCUT2D eigenvalue weighted by Crippen LogP contribution is -2.27. The maximum absolute atomic E-state index is 12.4. The molecule has 0 unspecified atom stereocenters. The van der Waals surface area contributed by atoms with Crippen molar-refractivity contribution in [1.29, 1.82) is 0 Å². The van der Waals surface area contributed by atoms with Crippen LogP contribution in [0.4, 0.5) is 0 Å². The minimum Gasteiger partial charge on any atom is -0.324 e. The predicted octanol–water partition coefficient (Wildman–Crippen LogP) is 2.34. The highest BCUT2D eigenvalue weighted by Crippen LogP contribution is 2.24. The average Bonchev–Trinajstić information content (AvgIpc) is 2.49. The van der Waals surface area contributed by atoms with Crippen molar-refractivity contribution in [3.63, 3.8) is 0 Å². The number of nitrogens with two attached hydrogens (primary N) is 1. The number of hydrogen-bond donors (Lipinski definition) is 1. The smallest absolute Gasteiger partial charge is 0.150 e. The molecule has 1 rings (SSSR count). The third-order valence-electron chi connectivity index (χ3n) is 3.91. The van der Waals surface area contributed by atoms with Gasteiger partial charge in [0.05, 0.1) is 6.54 Å². The van der Waals surface area contributed by atoms with E-state index < -0.39 is 0 Å². The summed E-state index contributed by atoms with van der Waals surface area (Å²) in [6.07, 6.45) is 3.24. The topological polar surface area (TPSA) is 77.2 Å². The number of Topliss-reactive ketones (excluding diaryl/α,β-unsaturated/α-hetero) is 3. The number of hydrogen-bond acceptors (Lipinski definition) is 6. The molecule has 0 amide bonds. The van der Waals surface area contributed by atoms with Gasteiger partial charge in [0.15, 0.2) is 0 Å². The van der Waals surface area contributed by atoms with Gasteiger partial charge < -0.3 is 10.5 Å². The van der Waals surface area contributed by atoms with Gasteiger partial charge in [-0.05, 0) is 37.7 Å². The Morgan fingerprint density at radius 2 is 1.91 bits per heavy atom. The summed E-state index contributed by atoms with van der Waals surface area (Å²) in [5.74, 6) is 3.91. The van der Waals surface area contributed by atoms with Crippen LogP contribution in [-0.4, -0.2) is 46.9 Å². The average molecular weight is 346 g/mol. The summed E-state index contributed by atoms with van der Waals surface area (Å²) >= 11 is 3.60. The zero-order valence-electron chi connectivity index (χ0n) is 13.3. The maximum atomic E-state index is 12.4. The van der Waals surface area contributed by atoms with E-state index in [1.807, 2.05) is 11.8 Å². The molecule has 0 aromatic heterocycles. The molecule has 1 saturated heterocycles. The largest absolute Gasteiger partial charge is 0.324 e. The molecule has 0 aromatic rings. The number of rotatable bonds is 5. The Morgan fingerprint density at radius 3 is 2.55 bits per heavy atom. The Morgan fingerprint density at radius 1 is 1.23 bits per heavy atom. The minimum absolute atomic E-state index is 0.0467. The van der Waals surface area contributed by atoms with Gasteiger partial charge in [-0.25, -0.2) is 0 Å². The van der Waals surface area contributed by atoms with Crippen molar-refractivity contribution in [1.82, 2.24) is 0 Å². The Hall–Kier alpha value is -0.330. The van der Waals surface area contributed by atoms with Crippen molar-refractivity contribution in [2.24, 2.45) is 17.6 Å². The van der Waals surface area contributed by atoms with Crippen LogP contribution in [-0.2, 0) is 14.4 Å². The van der Waals surface area contributed by atoms with Crippen LogP contribution < -0.4 is 5.73 Å². The zero-order valence-corrected chi connectivity index (χ0v) is 15.0. The monoisotopic (exact) mass is 345 g/mol. The quantitative estimate of drug-likeness (QED) is 0.824. The van der Waals surface area contributed by atoms with E-state index in [1.54, 1.807) is 18.7 Å². The minimum atomic E-state index is -0.0977. The summed E-state index contributed by atoms with van der Waals surface area (Å²) in [6, 6.07) is 0. The Labute approximate surface area is 141 Å². The van der Waals surface area contributed by atoms with E-state index in [9.17, 15) is 14.4 Å². The molecule has 2 N–H and O–H groups in total. The molecule has 0 spiro atoms. The molecule has 6 heteroatoms. The molecule has 1 fully saturated rings. The molecule has 1 heterocycles. The molecule has 0 radical (unpaired) electrons. The van der Waals surface area contributed by atoms with Crippen LogP contribution in [0.25, 0.3) is 0 Å². The predicted molar refractivity (Wildman–Crippen MR) is 94.5 cm³/mol. The molecule has 22 heavy (non-hydrogen) atoms. The molecular formula is C16H27NO3S2. The molecule has 1 aliphatic heterocycles. The van der Waals surface area contributed by atoms with E-state index in [1.165, 1.54) is 0 Å². The molecule has 2 atom stereocenters. The van der Waals surface area contributed by atoms with E-state index in [0.29, 0.717) is 25.7 Å². The first-order chi connectivity index (χ1) is 10.5. The van der Waals surface area contributed by atoms with Crippen molar-refractivity contribution >= 4 is 40.9 Å². The van der Waals surface area contributed by atoms with Gasteiger partial charge in [0, 0.05) is 36.2 Å². The molecule has 0 bridgehead atoms. The first-order valence-electron chi connectivity index (χ1n) is 7.95. The first kappa shape index (κ1) is 19.7. The van der Waals surface area contributed by atoms with Crippen LogP contribution in [0.1, 0.15) is 39.0 Å². The molecular weight excluding hydrogens is 318 g/mol. The summed E-state index contributed by atoms with van der Waals surface area (Å²) in [4.78, 5) is 35.5. The van der Waals surface area contributed by atoms with Gasteiger partial charge in [0.2, 0.25) is 0 Å². The lowest BCUT2D eigenvalue weighted by molar-refractivity contribution is -0.124. The molecule has 126 valence electrons. The van der Waals surface area contributed by atoms with Crippen molar-refractivity contribution in [3.05, 3.63) is 0 Å². The van der Waals surface area contributed by atoms with Crippen molar-refractivity contribution in [3.8, 4) is 0 Å². The van der Waals surface area contributed by atoms with Gasteiger partial charge in [0.1, 0.15) is 17.3 Å². The van der Waals surface area contributed by atoms with Crippen LogP contribution in [0, 0.1) is 11.8 Å². The number of carbonyl (C=O) groups excluding carboxylic acids is 3.